The lowest BCUT2D eigenvalue weighted by molar-refractivity contribution is -0.158. The van der Waals surface area contributed by atoms with E-state index >= 15 is 0 Å². The van der Waals surface area contributed by atoms with Gasteiger partial charge in [-0.15, -0.1) is 0 Å². The minimum atomic E-state index is -1.01. The van der Waals surface area contributed by atoms with Crippen molar-refractivity contribution in [1.29, 1.82) is 10.5 Å². The van der Waals surface area contributed by atoms with Crippen LogP contribution in [-0.2, 0) is 34.0 Å². The van der Waals surface area contributed by atoms with E-state index in [2.05, 4.69) is 28.1 Å². The molecule has 54 heavy (non-hydrogen) atoms. The number of hydrogen-bond donors (Lipinski definition) is 3. The largest absolute Gasteiger partial charge is 0.486 e. The van der Waals surface area contributed by atoms with Crippen LogP contribution in [-0.4, -0.2) is 37.5 Å². The normalized spacial score (nSPS) is 10.4. The molecule has 0 aliphatic carbocycles. The highest BCUT2D eigenvalue weighted by molar-refractivity contribution is 6.38. The molecule has 280 valence electrons. The van der Waals surface area contributed by atoms with Gasteiger partial charge in [-0.05, 0) is 90.2 Å². The molecule has 0 radical (unpaired) electrons. The van der Waals surface area contributed by atoms with Crippen LogP contribution in [0, 0.1) is 22.7 Å². The standard InChI is InChI=1S/C39H35Cl4N5O6/c1-3-5-46-29-9-24(18-44)7-26(11-29)21-52-37-31(40)13-23(14-32(37)41)15-35(49)54-36(50)20-48-39(51)28-16-33(42)38(34(43)17-28)53-22-27-8-25(19-45)10-30(12-27)47-6-4-2/h7-14,16-17,46-47H,3-6,15,20-22H2,1-2H3,(H,48,51). The number of anilines is 2. The molecular formula is C39H35Cl4N5O6. The lowest BCUT2D eigenvalue weighted by Gasteiger charge is -2.14. The Balaban J connectivity index is 1.28. The first kappa shape index (κ1) is 41.6. The zero-order chi connectivity index (χ0) is 39.2. The Morgan fingerprint density at radius 2 is 1.09 bits per heavy atom. The smallest absolute Gasteiger partial charge is 0.333 e. The van der Waals surface area contributed by atoms with Crippen molar-refractivity contribution in [2.75, 3.05) is 30.3 Å². The van der Waals surface area contributed by atoms with E-state index in [4.69, 9.17) is 60.6 Å². The summed E-state index contributed by atoms with van der Waals surface area (Å²) in [5.41, 5.74) is 4.31. The highest BCUT2D eigenvalue weighted by Crippen LogP contribution is 2.36. The zero-order valence-electron chi connectivity index (χ0n) is 29.3. The van der Waals surface area contributed by atoms with Crippen molar-refractivity contribution in [2.45, 2.75) is 46.3 Å². The molecule has 0 aliphatic heterocycles. The summed E-state index contributed by atoms with van der Waals surface area (Å²) in [7, 11) is 0. The fourth-order valence-corrected chi connectivity index (χ4v) is 6.27. The highest BCUT2D eigenvalue weighted by atomic mass is 35.5. The molecular weight excluding hydrogens is 776 g/mol. The summed E-state index contributed by atoms with van der Waals surface area (Å²) in [6.45, 7) is 5.05. The number of halogens is 4. The number of ether oxygens (including phenoxy) is 3. The van der Waals surface area contributed by atoms with E-state index in [0.717, 1.165) is 42.9 Å². The lowest BCUT2D eigenvalue weighted by Crippen LogP contribution is -2.32. The molecule has 0 aromatic heterocycles. The monoisotopic (exact) mass is 809 g/mol. The predicted octanol–water partition coefficient (Wildman–Crippen LogP) is 8.89. The van der Waals surface area contributed by atoms with Gasteiger partial charge < -0.3 is 30.2 Å². The average molecular weight is 812 g/mol. The van der Waals surface area contributed by atoms with Crippen LogP contribution in [0.3, 0.4) is 0 Å². The minimum absolute atomic E-state index is 0.0342. The third-order valence-electron chi connectivity index (χ3n) is 7.46. The molecule has 4 aromatic carbocycles. The molecule has 0 fully saturated rings. The van der Waals surface area contributed by atoms with Crippen LogP contribution in [0.1, 0.15) is 64.9 Å². The quantitative estimate of drug-likeness (QED) is 0.0694. The van der Waals surface area contributed by atoms with E-state index in [-0.39, 0.29) is 56.8 Å². The summed E-state index contributed by atoms with van der Waals surface area (Å²) in [5, 5.41) is 28.0. The van der Waals surface area contributed by atoms with Gasteiger partial charge in [0.2, 0.25) is 0 Å². The molecule has 3 N–H and O–H groups in total. The van der Waals surface area contributed by atoms with E-state index in [1.54, 1.807) is 24.3 Å². The third-order valence-corrected chi connectivity index (χ3v) is 8.58. The Morgan fingerprint density at radius 1 is 0.630 bits per heavy atom. The van der Waals surface area contributed by atoms with Crippen LogP contribution >= 0.6 is 46.4 Å². The number of carbonyl (C=O) groups is 3. The molecule has 0 aliphatic rings. The number of benzene rings is 4. The number of amides is 1. The number of hydrogen-bond acceptors (Lipinski definition) is 10. The fourth-order valence-electron chi connectivity index (χ4n) is 5.04. The molecule has 0 atom stereocenters. The average Bonchev–Trinajstić information content (AvgIpc) is 3.14. The number of nitriles is 2. The van der Waals surface area contributed by atoms with Gasteiger partial charge in [-0.3, -0.25) is 9.59 Å². The van der Waals surface area contributed by atoms with Crippen LogP contribution in [0.2, 0.25) is 20.1 Å². The van der Waals surface area contributed by atoms with Crippen LogP contribution in [0.15, 0.2) is 60.7 Å². The van der Waals surface area contributed by atoms with Gasteiger partial charge in [0.15, 0.2) is 11.5 Å². The lowest BCUT2D eigenvalue weighted by atomic mass is 10.1. The van der Waals surface area contributed by atoms with Gasteiger partial charge in [0.1, 0.15) is 19.8 Å². The van der Waals surface area contributed by atoms with E-state index < -0.39 is 24.4 Å². The Morgan fingerprint density at radius 3 is 1.54 bits per heavy atom. The Kier molecular flexibility index (Phi) is 15.7. The van der Waals surface area contributed by atoms with Gasteiger partial charge in [-0.1, -0.05) is 60.3 Å². The molecule has 1 amide bonds. The van der Waals surface area contributed by atoms with Crippen LogP contribution in [0.4, 0.5) is 11.4 Å². The second-order valence-corrected chi connectivity index (χ2v) is 13.5. The first-order valence-electron chi connectivity index (χ1n) is 16.7. The first-order valence-corrected chi connectivity index (χ1v) is 18.2. The molecule has 0 bridgehead atoms. The number of esters is 2. The SMILES string of the molecule is CCCNc1cc(C#N)cc(COc2c(Cl)cc(CC(=O)OC(=O)CNC(=O)c3cc(Cl)c(OCc4cc(C#N)cc(NCCC)c4)c(Cl)c3)cc2Cl)c1. The fraction of sp³-hybridized carbons (Fsp3) is 0.256. The maximum atomic E-state index is 12.8. The van der Waals surface area contributed by atoms with E-state index in [9.17, 15) is 24.9 Å². The topological polar surface area (TPSA) is 163 Å². The van der Waals surface area contributed by atoms with E-state index in [1.165, 1.54) is 24.3 Å². The maximum Gasteiger partial charge on any atom is 0.333 e. The number of carbonyl (C=O) groups excluding carboxylic acids is 3. The summed E-state index contributed by atoms with van der Waals surface area (Å²) >= 11 is 25.6. The van der Waals surface area contributed by atoms with E-state index in [0.29, 0.717) is 22.3 Å². The summed E-state index contributed by atoms with van der Waals surface area (Å²) in [5.74, 6) is -2.31. The Bertz CT molecular complexity index is 2070. The molecule has 4 aromatic rings. The van der Waals surface area contributed by atoms with Crippen LogP contribution < -0.4 is 25.4 Å². The van der Waals surface area contributed by atoms with Crippen molar-refractivity contribution in [3.05, 3.63) is 114 Å². The summed E-state index contributed by atoms with van der Waals surface area (Å²) < 4.78 is 16.6. The summed E-state index contributed by atoms with van der Waals surface area (Å²) in [4.78, 5) is 37.7. The van der Waals surface area contributed by atoms with Crippen molar-refractivity contribution < 1.29 is 28.6 Å². The predicted molar refractivity (Wildman–Crippen MR) is 209 cm³/mol. The molecule has 0 saturated carbocycles. The molecule has 4 rings (SSSR count). The van der Waals surface area contributed by atoms with Gasteiger partial charge in [0.05, 0.1) is 49.8 Å². The number of nitrogens with one attached hydrogen (secondary N) is 3. The van der Waals surface area contributed by atoms with Crippen molar-refractivity contribution >= 4 is 75.6 Å². The van der Waals surface area contributed by atoms with Gasteiger partial charge in [0.25, 0.3) is 5.91 Å². The third kappa shape index (κ3) is 12.2. The van der Waals surface area contributed by atoms with Crippen molar-refractivity contribution in [3.63, 3.8) is 0 Å². The number of rotatable bonds is 17. The van der Waals surface area contributed by atoms with Gasteiger partial charge in [-0.2, -0.15) is 10.5 Å². The van der Waals surface area contributed by atoms with Gasteiger partial charge in [-0.25, -0.2) is 4.79 Å². The maximum absolute atomic E-state index is 12.8. The molecule has 0 spiro atoms. The van der Waals surface area contributed by atoms with Crippen LogP contribution in [0.5, 0.6) is 11.5 Å². The molecule has 11 nitrogen and oxygen atoms in total. The molecule has 0 heterocycles. The molecule has 15 heteroatoms. The second kappa shape index (κ2) is 20.3. The number of nitrogens with zero attached hydrogens (tertiary/aromatic N) is 2. The van der Waals surface area contributed by atoms with E-state index in [1.807, 2.05) is 26.0 Å². The van der Waals surface area contributed by atoms with Crippen LogP contribution in [0.25, 0.3) is 0 Å². The van der Waals surface area contributed by atoms with Crippen molar-refractivity contribution in [1.82, 2.24) is 5.32 Å². The molecule has 0 saturated heterocycles. The summed E-state index contributed by atoms with van der Waals surface area (Å²) in [6.07, 6.45) is 1.48. The highest BCUT2D eigenvalue weighted by Gasteiger charge is 2.19. The van der Waals surface area contributed by atoms with Crippen molar-refractivity contribution in [2.24, 2.45) is 0 Å². The first-order chi connectivity index (χ1) is 25.9. The zero-order valence-corrected chi connectivity index (χ0v) is 32.3. The Hall–Kier alpha value is -5.17. The molecule has 0 unspecified atom stereocenters. The second-order valence-electron chi connectivity index (χ2n) is 11.9. The van der Waals surface area contributed by atoms with Gasteiger partial charge >= 0.3 is 11.9 Å². The Labute approximate surface area is 333 Å². The minimum Gasteiger partial charge on any atom is -0.486 e. The summed E-state index contributed by atoms with van der Waals surface area (Å²) in [6, 6.07) is 20.4. The van der Waals surface area contributed by atoms with Gasteiger partial charge in [0, 0.05) is 30.0 Å². The van der Waals surface area contributed by atoms with Crippen molar-refractivity contribution in [3.8, 4) is 23.6 Å².